The van der Waals surface area contributed by atoms with Crippen molar-refractivity contribution in [1.29, 1.82) is 0 Å². The molecule has 1 N–H and O–H groups in total. The van der Waals surface area contributed by atoms with Crippen LogP contribution in [0.25, 0.3) is 0 Å². The molecule has 2 aliphatic heterocycles. The van der Waals surface area contributed by atoms with Gasteiger partial charge in [-0.05, 0) is 79.4 Å². The lowest BCUT2D eigenvalue weighted by Gasteiger charge is -2.36. The van der Waals surface area contributed by atoms with E-state index in [0.29, 0.717) is 40.5 Å². The van der Waals surface area contributed by atoms with E-state index in [-0.39, 0.29) is 19.1 Å². The second kappa shape index (κ2) is 11.1. The van der Waals surface area contributed by atoms with Gasteiger partial charge in [-0.1, -0.05) is 41.4 Å². The molecule has 40 heavy (non-hydrogen) atoms. The Morgan fingerprint density at radius 2 is 1.73 bits per heavy atom. The standard InChI is InChI=1S/C30H29Cl2NO7/c1-30(2,3)40-29(36)33-14-20-13-26-25(12-19(20)11-24(33)28(34)35)38-16-27(39-26)18-5-7-21(8-6-18)37-15-17-4-9-22(31)23(32)10-17/h4-10,12-13,24,27H,11,14-16H2,1-3H3,(H,34,35). The molecule has 10 heteroatoms. The van der Waals surface area contributed by atoms with Gasteiger partial charge in [-0.3, -0.25) is 4.90 Å². The number of ether oxygens (including phenoxy) is 4. The van der Waals surface area contributed by atoms with Gasteiger partial charge in [0.25, 0.3) is 0 Å². The maximum atomic E-state index is 12.8. The summed E-state index contributed by atoms with van der Waals surface area (Å²) >= 11 is 12.1. The number of carbonyl (C=O) groups is 2. The highest BCUT2D eigenvalue weighted by atomic mass is 35.5. The average Bonchev–Trinajstić information content (AvgIpc) is 2.90. The quantitative estimate of drug-likeness (QED) is 0.350. The predicted molar refractivity (Wildman–Crippen MR) is 149 cm³/mol. The van der Waals surface area contributed by atoms with Crippen molar-refractivity contribution in [2.24, 2.45) is 0 Å². The van der Waals surface area contributed by atoms with Gasteiger partial charge in [-0.15, -0.1) is 0 Å². The second-order valence-corrected chi connectivity index (χ2v) is 11.6. The van der Waals surface area contributed by atoms with Gasteiger partial charge in [-0.2, -0.15) is 0 Å². The van der Waals surface area contributed by atoms with E-state index in [1.54, 1.807) is 32.9 Å². The van der Waals surface area contributed by atoms with E-state index in [9.17, 15) is 14.7 Å². The van der Waals surface area contributed by atoms with Gasteiger partial charge in [0, 0.05) is 6.42 Å². The molecular formula is C30H29Cl2NO7. The van der Waals surface area contributed by atoms with E-state index in [1.165, 1.54) is 4.90 Å². The minimum absolute atomic E-state index is 0.0907. The second-order valence-electron chi connectivity index (χ2n) is 10.8. The SMILES string of the molecule is CC(C)(C)OC(=O)N1Cc2cc3c(cc2CC1C(=O)O)OCC(c1ccc(OCc2ccc(Cl)c(Cl)c2)cc1)O3. The maximum Gasteiger partial charge on any atom is 0.411 e. The molecule has 3 aromatic rings. The van der Waals surface area contributed by atoms with Crippen LogP contribution in [0.15, 0.2) is 54.6 Å². The van der Waals surface area contributed by atoms with E-state index in [4.69, 9.17) is 42.1 Å². The van der Waals surface area contributed by atoms with Crippen molar-refractivity contribution in [1.82, 2.24) is 4.90 Å². The molecule has 8 nitrogen and oxygen atoms in total. The molecule has 5 rings (SSSR count). The number of halogens is 2. The molecule has 0 fully saturated rings. The lowest BCUT2D eigenvalue weighted by Crippen LogP contribution is -2.50. The summed E-state index contributed by atoms with van der Waals surface area (Å²) in [6.07, 6.45) is -0.875. The largest absolute Gasteiger partial charge is 0.489 e. The van der Waals surface area contributed by atoms with Crippen LogP contribution in [-0.4, -0.2) is 40.3 Å². The number of carbonyl (C=O) groups excluding carboxylic acids is 1. The number of carboxylic acid groups (broad SMARTS) is 1. The Labute approximate surface area is 242 Å². The summed E-state index contributed by atoms with van der Waals surface area (Å²) in [4.78, 5) is 26.0. The van der Waals surface area contributed by atoms with Crippen LogP contribution in [0.2, 0.25) is 10.0 Å². The number of nitrogens with zero attached hydrogens (tertiary/aromatic N) is 1. The van der Waals surface area contributed by atoms with Gasteiger partial charge in [0.2, 0.25) is 0 Å². The van der Waals surface area contributed by atoms with Crippen molar-refractivity contribution >= 4 is 35.3 Å². The summed E-state index contributed by atoms with van der Waals surface area (Å²) in [6, 6.07) is 15.5. The number of hydrogen-bond acceptors (Lipinski definition) is 6. The summed E-state index contributed by atoms with van der Waals surface area (Å²) in [5.74, 6) is 0.686. The molecule has 0 aromatic heterocycles. The van der Waals surface area contributed by atoms with Crippen LogP contribution in [0.3, 0.4) is 0 Å². The van der Waals surface area contributed by atoms with Crippen molar-refractivity contribution in [2.45, 2.75) is 58.1 Å². The van der Waals surface area contributed by atoms with Gasteiger partial charge in [-0.25, -0.2) is 9.59 Å². The molecular weight excluding hydrogens is 557 g/mol. The van der Waals surface area contributed by atoms with Gasteiger partial charge >= 0.3 is 12.1 Å². The average molecular weight is 586 g/mol. The highest BCUT2D eigenvalue weighted by molar-refractivity contribution is 6.42. The molecule has 0 bridgehead atoms. The fraction of sp³-hybridized carbons (Fsp3) is 0.333. The molecule has 0 spiro atoms. The zero-order valence-corrected chi connectivity index (χ0v) is 23.8. The normalized spacial score (nSPS) is 18.1. The van der Waals surface area contributed by atoms with Crippen LogP contribution in [0.5, 0.6) is 17.2 Å². The molecule has 2 heterocycles. The van der Waals surface area contributed by atoms with Crippen LogP contribution >= 0.6 is 23.2 Å². The van der Waals surface area contributed by atoms with Gasteiger partial charge in [0.15, 0.2) is 17.6 Å². The van der Waals surface area contributed by atoms with E-state index in [1.807, 2.05) is 42.5 Å². The molecule has 2 unspecified atom stereocenters. The Balaban J connectivity index is 1.28. The Kier molecular flexibility index (Phi) is 7.75. The zero-order chi connectivity index (χ0) is 28.6. The number of hydrogen-bond donors (Lipinski definition) is 1. The number of aliphatic carboxylic acids is 1. The fourth-order valence-corrected chi connectivity index (χ4v) is 4.94. The number of rotatable bonds is 5. The first-order valence-electron chi connectivity index (χ1n) is 12.8. The summed E-state index contributed by atoms with van der Waals surface area (Å²) in [5, 5.41) is 10.8. The number of amides is 1. The first-order valence-corrected chi connectivity index (χ1v) is 13.6. The molecule has 0 saturated heterocycles. The number of carboxylic acids is 1. The molecule has 1 amide bonds. The van der Waals surface area contributed by atoms with E-state index in [2.05, 4.69) is 0 Å². The van der Waals surface area contributed by atoms with E-state index in [0.717, 1.165) is 22.3 Å². The topological polar surface area (TPSA) is 94.5 Å². The number of fused-ring (bicyclic) bond motifs is 2. The molecule has 0 aliphatic carbocycles. The zero-order valence-electron chi connectivity index (χ0n) is 22.3. The third-order valence-corrected chi connectivity index (χ3v) is 7.35. The van der Waals surface area contributed by atoms with Crippen molar-refractivity contribution in [3.8, 4) is 17.2 Å². The maximum absolute atomic E-state index is 12.8. The van der Waals surface area contributed by atoms with Crippen LogP contribution in [0, 0.1) is 0 Å². The lowest BCUT2D eigenvalue weighted by atomic mass is 9.93. The Hall–Kier alpha value is -3.62. The lowest BCUT2D eigenvalue weighted by molar-refractivity contribution is -0.143. The molecule has 0 saturated carbocycles. The van der Waals surface area contributed by atoms with Crippen LogP contribution in [0.1, 0.15) is 49.1 Å². The van der Waals surface area contributed by atoms with E-state index >= 15 is 0 Å². The van der Waals surface area contributed by atoms with Crippen molar-refractivity contribution in [3.05, 3.63) is 86.9 Å². The monoisotopic (exact) mass is 585 g/mol. The van der Waals surface area contributed by atoms with Gasteiger partial charge in [0.05, 0.1) is 16.6 Å². The van der Waals surface area contributed by atoms with Gasteiger partial charge < -0.3 is 24.1 Å². The molecule has 3 aromatic carbocycles. The minimum atomic E-state index is -1.09. The Morgan fingerprint density at radius 3 is 2.40 bits per heavy atom. The van der Waals surface area contributed by atoms with Crippen molar-refractivity contribution in [3.63, 3.8) is 0 Å². The third-order valence-electron chi connectivity index (χ3n) is 6.61. The summed E-state index contributed by atoms with van der Waals surface area (Å²) in [7, 11) is 0. The fourth-order valence-electron chi connectivity index (χ4n) is 4.62. The first kappa shape index (κ1) is 27.9. The molecule has 2 atom stereocenters. The Morgan fingerprint density at radius 1 is 1.00 bits per heavy atom. The Bertz CT molecular complexity index is 1440. The highest BCUT2D eigenvalue weighted by Gasteiger charge is 2.38. The number of benzene rings is 3. The van der Waals surface area contributed by atoms with Crippen molar-refractivity contribution < 1.29 is 33.6 Å². The molecule has 0 radical (unpaired) electrons. The van der Waals surface area contributed by atoms with E-state index < -0.39 is 23.7 Å². The van der Waals surface area contributed by atoms with Gasteiger partial charge in [0.1, 0.15) is 30.6 Å². The highest BCUT2D eigenvalue weighted by Crippen LogP contribution is 2.41. The summed E-state index contributed by atoms with van der Waals surface area (Å²) < 4.78 is 23.6. The summed E-state index contributed by atoms with van der Waals surface area (Å²) in [6.45, 7) is 5.97. The van der Waals surface area contributed by atoms with Crippen molar-refractivity contribution in [2.75, 3.05) is 6.61 Å². The third kappa shape index (κ3) is 6.24. The minimum Gasteiger partial charge on any atom is -0.489 e. The molecule has 2 aliphatic rings. The molecule has 210 valence electrons. The van der Waals surface area contributed by atoms with Crippen LogP contribution in [-0.2, 0) is 29.1 Å². The van der Waals surface area contributed by atoms with Crippen LogP contribution in [0.4, 0.5) is 4.79 Å². The first-order chi connectivity index (χ1) is 19.0. The predicted octanol–water partition coefficient (Wildman–Crippen LogP) is 6.83. The smallest absolute Gasteiger partial charge is 0.411 e. The van der Waals surface area contributed by atoms with Crippen LogP contribution < -0.4 is 14.2 Å². The summed E-state index contributed by atoms with van der Waals surface area (Å²) in [5.41, 5.74) is 2.66.